The lowest BCUT2D eigenvalue weighted by atomic mass is 10.5. The molecular weight excluding hydrogens is 152 g/mol. The van der Waals surface area contributed by atoms with E-state index in [9.17, 15) is 0 Å². The van der Waals surface area contributed by atoms with Crippen LogP contribution in [0, 0.1) is 0 Å². The van der Waals surface area contributed by atoms with Crippen LogP contribution in [0.15, 0.2) is 38.0 Å². The molecule has 0 aromatic heterocycles. The smallest absolute Gasteiger partial charge is 0.0441 e. The number of nitrogens with one attached hydrogen (secondary N) is 1. The molecule has 0 amide bonds. The monoisotopic (exact) mass is 168 g/mol. The van der Waals surface area contributed by atoms with E-state index in [0.717, 1.165) is 0 Å². The maximum atomic E-state index is 5.13. The summed E-state index contributed by atoms with van der Waals surface area (Å²) in [7, 11) is 0. The van der Waals surface area contributed by atoms with Crippen molar-refractivity contribution in [1.82, 2.24) is 10.5 Å². The van der Waals surface area contributed by atoms with Gasteiger partial charge in [0.05, 0.1) is 0 Å². The summed E-state index contributed by atoms with van der Waals surface area (Å²) < 4.78 is 0. The molecule has 68 valence electrons. The van der Waals surface area contributed by atoms with Crippen LogP contribution in [0.4, 0.5) is 0 Å². The molecule has 0 spiro atoms. The van der Waals surface area contributed by atoms with Gasteiger partial charge in [0.1, 0.15) is 0 Å². The molecule has 0 bridgehead atoms. The first-order valence-electron chi connectivity index (χ1n) is 3.82. The van der Waals surface area contributed by atoms with Gasteiger partial charge in [0.2, 0.25) is 0 Å². The molecule has 0 saturated carbocycles. The Labute approximate surface area is 73.9 Å². The standard InChI is InChI=1S/C9H16N2O/c1-4-7-10-12-11(8-5-2)9-6-3/h4-6,10H,1-3,7-9H2. The summed E-state index contributed by atoms with van der Waals surface area (Å²) in [5.74, 6) is 0. The van der Waals surface area contributed by atoms with E-state index in [1.165, 1.54) is 0 Å². The number of hydrogen-bond donors (Lipinski definition) is 1. The Kier molecular flexibility index (Phi) is 7.58. The molecular formula is C9H16N2O. The van der Waals surface area contributed by atoms with Crippen LogP contribution in [0.25, 0.3) is 0 Å². The summed E-state index contributed by atoms with van der Waals surface area (Å²) >= 11 is 0. The molecule has 0 aliphatic carbocycles. The normalized spacial score (nSPS) is 9.75. The fraction of sp³-hybridized carbons (Fsp3) is 0.333. The molecule has 0 aromatic carbocycles. The van der Waals surface area contributed by atoms with E-state index in [4.69, 9.17) is 4.94 Å². The van der Waals surface area contributed by atoms with Gasteiger partial charge >= 0.3 is 0 Å². The van der Waals surface area contributed by atoms with Crippen molar-refractivity contribution in [3.8, 4) is 0 Å². The second kappa shape index (κ2) is 8.20. The van der Waals surface area contributed by atoms with Gasteiger partial charge in [0.15, 0.2) is 0 Å². The van der Waals surface area contributed by atoms with Crippen molar-refractivity contribution < 1.29 is 4.94 Å². The lowest BCUT2D eigenvalue weighted by molar-refractivity contribution is -0.194. The fourth-order valence-electron chi connectivity index (χ4n) is 0.625. The predicted molar refractivity (Wildman–Crippen MR) is 51.3 cm³/mol. The highest BCUT2D eigenvalue weighted by Crippen LogP contribution is 1.87. The molecule has 0 radical (unpaired) electrons. The molecule has 12 heavy (non-hydrogen) atoms. The zero-order chi connectivity index (χ0) is 9.23. The van der Waals surface area contributed by atoms with Crippen LogP contribution in [-0.2, 0) is 4.94 Å². The van der Waals surface area contributed by atoms with E-state index < -0.39 is 0 Å². The van der Waals surface area contributed by atoms with Crippen molar-refractivity contribution in [2.75, 3.05) is 19.6 Å². The summed E-state index contributed by atoms with van der Waals surface area (Å²) in [5.41, 5.74) is 2.72. The molecule has 0 saturated heterocycles. The van der Waals surface area contributed by atoms with Crippen molar-refractivity contribution in [1.29, 1.82) is 0 Å². The first kappa shape index (κ1) is 11.1. The van der Waals surface area contributed by atoms with Gasteiger partial charge in [-0.3, -0.25) is 0 Å². The van der Waals surface area contributed by atoms with Crippen LogP contribution in [0.2, 0.25) is 0 Å². The van der Waals surface area contributed by atoms with Crippen molar-refractivity contribution in [2.24, 2.45) is 0 Å². The van der Waals surface area contributed by atoms with E-state index in [-0.39, 0.29) is 0 Å². The van der Waals surface area contributed by atoms with Crippen molar-refractivity contribution in [2.45, 2.75) is 0 Å². The minimum atomic E-state index is 0.616. The number of rotatable bonds is 8. The molecule has 0 heterocycles. The van der Waals surface area contributed by atoms with Crippen molar-refractivity contribution in [3.63, 3.8) is 0 Å². The summed E-state index contributed by atoms with van der Waals surface area (Å²) in [6, 6.07) is 0. The minimum Gasteiger partial charge on any atom is -0.210 e. The van der Waals surface area contributed by atoms with Crippen LogP contribution in [0.3, 0.4) is 0 Å². The molecule has 0 unspecified atom stereocenters. The third-order valence-corrected chi connectivity index (χ3v) is 1.09. The average Bonchev–Trinajstić information content (AvgIpc) is 2.06. The highest BCUT2D eigenvalue weighted by atomic mass is 16.8. The Bertz CT molecular complexity index is 135. The van der Waals surface area contributed by atoms with Gasteiger partial charge in [-0.15, -0.1) is 19.7 Å². The van der Waals surface area contributed by atoms with E-state index in [2.05, 4.69) is 25.2 Å². The third-order valence-electron chi connectivity index (χ3n) is 1.09. The summed E-state index contributed by atoms with van der Waals surface area (Å²) in [4.78, 5) is 5.13. The number of nitrogens with zero attached hydrogens (tertiary/aromatic N) is 1. The van der Waals surface area contributed by atoms with E-state index in [1.807, 2.05) is 0 Å². The van der Waals surface area contributed by atoms with E-state index in [1.54, 1.807) is 23.3 Å². The lowest BCUT2D eigenvalue weighted by Crippen LogP contribution is -2.31. The Morgan fingerprint density at radius 2 is 1.67 bits per heavy atom. The maximum absolute atomic E-state index is 5.13. The van der Waals surface area contributed by atoms with Gasteiger partial charge in [0.25, 0.3) is 0 Å². The fourth-order valence-corrected chi connectivity index (χ4v) is 0.625. The third kappa shape index (κ3) is 5.85. The van der Waals surface area contributed by atoms with E-state index >= 15 is 0 Å². The first-order chi connectivity index (χ1) is 5.85. The van der Waals surface area contributed by atoms with Gasteiger partial charge in [0, 0.05) is 19.6 Å². The van der Waals surface area contributed by atoms with Gasteiger partial charge in [-0.05, 0) is 0 Å². The molecule has 0 aliphatic rings. The highest BCUT2D eigenvalue weighted by molar-refractivity contribution is 4.75. The molecule has 3 nitrogen and oxygen atoms in total. The van der Waals surface area contributed by atoms with Crippen LogP contribution in [0.5, 0.6) is 0 Å². The van der Waals surface area contributed by atoms with Crippen LogP contribution in [-0.4, -0.2) is 24.7 Å². The molecule has 3 heteroatoms. The van der Waals surface area contributed by atoms with Crippen LogP contribution < -0.4 is 5.48 Å². The summed E-state index contributed by atoms with van der Waals surface area (Å²) in [5, 5.41) is 1.70. The SMILES string of the molecule is C=CCNON(CC=C)CC=C. The van der Waals surface area contributed by atoms with E-state index in [0.29, 0.717) is 19.6 Å². The molecule has 0 fully saturated rings. The summed E-state index contributed by atoms with van der Waals surface area (Å²) in [6.45, 7) is 12.7. The second-order valence-electron chi connectivity index (χ2n) is 2.15. The van der Waals surface area contributed by atoms with Gasteiger partial charge in [-0.25, -0.2) is 4.94 Å². The van der Waals surface area contributed by atoms with Gasteiger partial charge in [-0.2, -0.15) is 10.5 Å². The van der Waals surface area contributed by atoms with Crippen molar-refractivity contribution >= 4 is 0 Å². The average molecular weight is 168 g/mol. The zero-order valence-corrected chi connectivity index (χ0v) is 7.33. The Balaban J connectivity index is 3.53. The molecule has 0 aromatic rings. The quantitative estimate of drug-likeness (QED) is 0.336. The second-order valence-corrected chi connectivity index (χ2v) is 2.15. The van der Waals surface area contributed by atoms with Crippen LogP contribution in [0.1, 0.15) is 0 Å². The maximum Gasteiger partial charge on any atom is 0.0441 e. The molecule has 0 rings (SSSR count). The van der Waals surface area contributed by atoms with Gasteiger partial charge < -0.3 is 0 Å². The first-order valence-corrected chi connectivity index (χ1v) is 3.82. The van der Waals surface area contributed by atoms with Crippen LogP contribution >= 0.6 is 0 Å². The largest absolute Gasteiger partial charge is 0.210 e. The topological polar surface area (TPSA) is 24.5 Å². The Morgan fingerprint density at radius 1 is 1.08 bits per heavy atom. The zero-order valence-electron chi connectivity index (χ0n) is 7.33. The number of hydrogen-bond acceptors (Lipinski definition) is 3. The minimum absolute atomic E-state index is 0.616. The summed E-state index contributed by atoms with van der Waals surface area (Å²) in [6.07, 6.45) is 5.25. The molecule has 1 N–H and O–H groups in total. The lowest BCUT2D eigenvalue weighted by Gasteiger charge is -2.17. The predicted octanol–water partition coefficient (Wildman–Crippen LogP) is 1.28. The number of hydroxylamine groups is 3. The van der Waals surface area contributed by atoms with Crippen molar-refractivity contribution in [3.05, 3.63) is 38.0 Å². The van der Waals surface area contributed by atoms with Gasteiger partial charge in [-0.1, -0.05) is 18.2 Å². The molecule has 0 atom stereocenters. The Morgan fingerprint density at radius 3 is 2.08 bits per heavy atom. The Hall–Kier alpha value is -0.900. The molecule has 0 aliphatic heterocycles. The highest BCUT2D eigenvalue weighted by Gasteiger charge is 1.98.